The number of aromatic nitrogens is 2. The van der Waals surface area contributed by atoms with Gasteiger partial charge < -0.3 is 9.30 Å². The van der Waals surface area contributed by atoms with Crippen LogP contribution < -0.4 is 9.04 Å². The Morgan fingerprint density at radius 1 is 1.12 bits per heavy atom. The van der Waals surface area contributed by atoms with E-state index in [0.717, 1.165) is 5.56 Å². The maximum atomic E-state index is 13.3. The Bertz CT molecular complexity index is 986. The lowest BCUT2D eigenvalue weighted by Gasteiger charge is -2.24. The maximum Gasteiger partial charge on any atom is 0.285 e. The van der Waals surface area contributed by atoms with E-state index in [2.05, 4.69) is 4.98 Å². The Labute approximate surface area is 157 Å². The predicted molar refractivity (Wildman–Crippen MR) is 101 cm³/mol. The van der Waals surface area contributed by atoms with Crippen molar-refractivity contribution >= 4 is 27.3 Å². The van der Waals surface area contributed by atoms with Crippen LogP contribution in [-0.2, 0) is 23.6 Å². The summed E-state index contributed by atoms with van der Waals surface area (Å²) in [5.41, 5.74) is 1.34. The molecule has 136 valence electrons. The van der Waals surface area contributed by atoms with Gasteiger partial charge in [-0.1, -0.05) is 41.9 Å². The molecular formula is C18H18ClN3O3S. The fourth-order valence-electron chi connectivity index (χ4n) is 2.48. The molecule has 2 aromatic carbocycles. The lowest BCUT2D eigenvalue weighted by atomic mass is 10.2. The first-order valence-electron chi connectivity index (χ1n) is 7.81. The molecule has 0 N–H and O–H groups in total. The molecule has 26 heavy (non-hydrogen) atoms. The van der Waals surface area contributed by atoms with E-state index in [0.29, 0.717) is 11.4 Å². The van der Waals surface area contributed by atoms with Gasteiger partial charge in [0.2, 0.25) is 5.03 Å². The molecule has 0 fully saturated rings. The molecule has 6 nitrogen and oxygen atoms in total. The highest BCUT2D eigenvalue weighted by atomic mass is 35.5. The average Bonchev–Trinajstić information content (AvgIpc) is 3.00. The number of methoxy groups -OCH3 is 1. The zero-order valence-corrected chi connectivity index (χ0v) is 15.9. The van der Waals surface area contributed by atoms with Crippen molar-refractivity contribution in [2.75, 3.05) is 11.4 Å². The molecule has 0 unspecified atom stereocenters. The Kier molecular flexibility index (Phi) is 5.20. The summed E-state index contributed by atoms with van der Waals surface area (Å²) in [6.45, 7) is 0.155. The SMILES string of the molecule is COc1ccc(N(Cc2ccccc2)S(=O)(=O)c2ncn(C)c2Cl)cc1. The molecule has 0 radical (unpaired) electrons. The van der Waals surface area contributed by atoms with Crippen molar-refractivity contribution in [2.24, 2.45) is 7.05 Å². The Morgan fingerprint density at radius 3 is 2.31 bits per heavy atom. The van der Waals surface area contributed by atoms with Crippen LogP contribution in [0.1, 0.15) is 5.56 Å². The third-order valence-corrected chi connectivity index (χ3v) is 6.16. The predicted octanol–water partition coefficient (Wildman–Crippen LogP) is 3.48. The zero-order chi connectivity index (χ0) is 18.7. The summed E-state index contributed by atoms with van der Waals surface area (Å²) in [4.78, 5) is 3.99. The maximum absolute atomic E-state index is 13.3. The van der Waals surface area contributed by atoms with Gasteiger partial charge in [0.1, 0.15) is 10.9 Å². The zero-order valence-electron chi connectivity index (χ0n) is 14.3. The number of hydrogen-bond donors (Lipinski definition) is 0. The first kappa shape index (κ1) is 18.3. The van der Waals surface area contributed by atoms with E-state index in [1.807, 2.05) is 30.3 Å². The molecule has 0 aliphatic carbocycles. The van der Waals surface area contributed by atoms with Gasteiger partial charge in [-0.05, 0) is 29.8 Å². The number of nitrogens with zero attached hydrogens (tertiary/aromatic N) is 3. The minimum absolute atomic E-state index is 0.0663. The standard InChI is InChI=1S/C18H18ClN3O3S/c1-21-13-20-18(17(21)19)26(23,24)22(12-14-6-4-3-5-7-14)15-8-10-16(25-2)11-9-15/h3-11,13H,12H2,1-2H3. The lowest BCUT2D eigenvalue weighted by Crippen LogP contribution is -2.31. The van der Waals surface area contributed by atoms with Gasteiger partial charge in [0.05, 0.1) is 25.7 Å². The number of ether oxygens (including phenoxy) is 1. The van der Waals surface area contributed by atoms with Gasteiger partial charge in [0.25, 0.3) is 10.0 Å². The van der Waals surface area contributed by atoms with Gasteiger partial charge in [0.15, 0.2) is 0 Å². The Morgan fingerprint density at radius 2 is 1.77 bits per heavy atom. The molecule has 1 heterocycles. The summed E-state index contributed by atoms with van der Waals surface area (Å²) < 4.78 is 34.4. The number of imidazole rings is 1. The highest BCUT2D eigenvalue weighted by Gasteiger charge is 2.30. The highest BCUT2D eigenvalue weighted by Crippen LogP contribution is 2.30. The molecule has 3 aromatic rings. The van der Waals surface area contributed by atoms with Gasteiger partial charge in [-0.25, -0.2) is 4.98 Å². The number of benzene rings is 2. The third kappa shape index (κ3) is 3.54. The van der Waals surface area contributed by atoms with E-state index in [9.17, 15) is 8.42 Å². The average molecular weight is 392 g/mol. The minimum atomic E-state index is -3.95. The summed E-state index contributed by atoms with van der Waals surface area (Å²) in [6.07, 6.45) is 1.38. The number of aryl methyl sites for hydroxylation is 1. The second-order valence-electron chi connectivity index (χ2n) is 5.65. The van der Waals surface area contributed by atoms with E-state index in [1.54, 1.807) is 38.4 Å². The summed E-state index contributed by atoms with van der Waals surface area (Å²) in [5, 5.41) is -0.106. The van der Waals surface area contributed by atoms with Crippen molar-refractivity contribution in [3.05, 3.63) is 71.6 Å². The van der Waals surface area contributed by atoms with Gasteiger partial charge in [0, 0.05) is 7.05 Å². The van der Waals surface area contributed by atoms with Crippen LogP contribution in [0, 0.1) is 0 Å². The van der Waals surface area contributed by atoms with Crippen LogP contribution in [0.5, 0.6) is 5.75 Å². The molecule has 1 aromatic heterocycles. The molecule has 0 saturated heterocycles. The Balaban J connectivity index is 2.08. The van der Waals surface area contributed by atoms with Crippen LogP contribution >= 0.6 is 11.6 Å². The molecule has 0 spiro atoms. The molecule has 3 rings (SSSR count). The smallest absolute Gasteiger partial charge is 0.285 e. The lowest BCUT2D eigenvalue weighted by molar-refractivity contribution is 0.415. The number of sulfonamides is 1. The summed E-state index contributed by atoms with van der Waals surface area (Å²) >= 11 is 6.15. The highest BCUT2D eigenvalue weighted by molar-refractivity contribution is 7.92. The van der Waals surface area contributed by atoms with E-state index < -0.39 is 10.0 Å². The molecule has 0 aliphatic heterocycles. The van der Waals surface area contributed by atoms with Crippen LogP contribution in [-0.4, -0.2) is 25.1 Å². The number of halogens is 1. The van der Waals surface area contributed by atoms with Crippen LogP contribution in [0.4, 0.5) is 5.69 Å². The molecular weight excluding hydrogens is 374 g/mol. The van der Waals surface area contributed by atoms with Crippen molar-refractivity contribution in [3.63, 3.8) is 0 Å². The number of rotatable bonds is 6. The molecule has 0 aliphatic rings. The first-order valence-corrected chi connectivity index (χ1v) is 9.63. The molecule has 0 saturated carbocycles. The van der Waals surface area contributed by atoms with E-state index >= 15 is 0 Å². The number of hydrogen-bond acceptors (Lipinski definition) is 4. The van der Waals surface area contributed by atoms with Crippen molar-refractivity contribution in [2.45, 2.75) is 11.6 Å². The molecule has 0 atom stereocenters. The largest absolute Gasteiger partial charge is 0.497 e. The Hall–Kier alpha value is -2.51. The van der Waals surface area contributed by atoms with Gasteiger partial charge in [-0.3, -0.25) is 4.31 Å². The van der Waals surface area contributed by atoms with E-state index in [4.69, 9.17) is 16.3 Å². The van der Waals surface area contributed by atoms with Gasteiger partial charge >= 0.3 is 0 Å². The second-order valence-corrected chi connectivity index (χ2v) is 7.78. The van der Waals surface area contributed by atoms with Crippen LogP contribution in [0.15, 0.2) is 66.0 Å². The summed E-state index contributed by atoms with van der Waals surface area (Å²) in [6, 6.07) is 16.1. The quantitative estimate of drug-likeness (QED) is 0.645. The minimum Gasteiger partial charge on any atom is -0.497 e. The monoisotopic (exact) mass is 391 g/mol. The summed E-state index contributed by atoms with van der Waals surface area (Å²) in [7, 11) is -0.754. The first-order chi connectivity index (χ1) is 12.4. The van der Waals surface area contributed by atoms with Gasteiger partial charge in [-0.2, -0.15) is 8.42 Å². The fraction of sp³-hybridized carbons (Fsp3) is 0.167. The van der Waals surface area contributed by atoms with Crippen LogP contribution in [0.2, 0.25) is 5.15 Å². The van der Waals surface area contributed by atoms with E-state index in [1.165, 1.54) is 15.2 Å². The molecule has 0 amide bonds. The van der Waals surface area contributed by atoms with Crippen LogP contribution in [0.25, 0.3) is 0 Å². The third-order valence-electron chi connectivity index (χ3n) is 3.90. The fourth-order valence-corrected chi connectivity index (χ4v) is 4.33. The number of anilines is 1. The van der Waals surface area contributed by atoms with E-state index in [-0.39, 0.29) is 16.7 Å². The second kappa shape index (κ2) is 7.39. The van der Waals surface area contributed by atoms with Crippen LogP contribution in [0.3, 0.4) is 0 Å². The molecule has 8 heteroatoms. The van der Waals surface area contributed by atoms with Crippen molar-refractivity contribution in [3.8, 4) is 5.75 Å². The van der Waals surface area contributed by atoms with Crippen molar-refractivity contribution in [1.29, 1.82) is 0 Å². The summed E-state index contributed by atoms with van der Waals surface area (Å²) in [5.74, 6) is 0.640. The topological polar surface area (TPSA) is 64.4 Å². The van der Waals surface area contributed by atoms with Crippen molar-refractivity contribution in [1.82, 2.24) is 9.55 Å². The van der Waals surface area contributed by atoms with Gasteiger partial charge in [-0.15, -0.1) is 0 Å². The van der Waals surface area contributed by atoms with Crippen molar-refractivity contribution < 1.29 is 13.2 Å². The molecule has 0 bridgehead atoms. The normalized spacial score (nSPS) is 11.3.